The minimum atomic E-state index is 0.193. The lowest BCUT2D eigenvalue weighted by Crippen LogP contribution is -2.26. The fraction of sp³-hybridized carbons (Fsp3) is 0.727. The van der Waals surface area contributed by atoms with Crippen molar-refractivity contribution in [2.75, 3.05) is 6.54 Å². The summed E-state index contributed by atoms with van der Waals surface area (Å²) in [6.07, 6.45) is 4.22. The molecule has 2 nitrogen and oxygen atoms in total. The molecule has 0 rings (SSSR count). The molecule has 0 unspecified atom stereocenters. The number of carbonyl (C=O) groups excluding carboxylic acids is 1. The first-order chi connectivity index (χ1) is 6.11. The molecule has 0 fully saturated rings. The monoisotopic (exact) mass is 183 g/mol. The Morgan fingerprint density at radius 1 is 1.54 bits per heavy atom. The molecular formula is C11H21NO. The van der Waals surface area contributed by atoms with Crippen molar-refractivity contribution in [2.45, 2.75) is 40.0 Å². The predicted molar refractivity (Wildman–Crippen MR) is 56.3 cm³/mol. The van der Waals surface area contributed by atoms with Crippen molar-refractivity contribution in [3.8, 4) is 0 Å². The van der Waals surface area contributed by atoms with Gasteiger partial charge in [-0.25, -0.2) is 0 Å². The van der Waals surface area contributed by atoms with Crippen LogP contribution in [-0.4, -0.2) is 17.4 Å². The van der Waals surface area contributed by atoms with E-state index in [2.05, 4.69) is 20.4 Å². The van der Waals surface area contributed by atoms with E-state index in [1.165, 1.54) is 0 Å². The summed E-state index contributed by atoms with van der Waals surface area (Å²) in [6, 6.07) is 0. The van der Waals surface area contributed by atoms with E-state index in [0.29, 0.717) is 12.3 Å². The minimum absolute atomic E-state index is 0.193. The first-order valence-corrected chi connectivity index (χ1v) is 5.03. The molecule has 0 saturated carbocycles. The summed E-state index contributed by atoms with van der Waals surface area (Å²) < 4.78 is 0. The highest BCUT2D eigenvalue weighted by Gasteiger charge is 2.08. The highest BCUT2D eigenvalue weighted by molar-refractivity contribution is 5.77. The Balaban J connectivity index is 3.87. The number of hydrogen-bond donors (Lipinski definition) is 0. The maximum atomic E-state index is 11.4. The number of carbonyl (C=O) groups is 1. The first kappa shape index (κ1) is 12.2. The second kappa shape index (κ2) is 6.70. The molecule has 0 aliphatic carbocycles. The van der Waals surface area contributed by atoms with Gasteiger partial charge in [-0.15, -0.1) is 0 Å². The number of hydrogen-bond acceptors (Lipinski definition) is 1. The van der Waals surface area contributed by atoms with Crippen LogP contribution in [0.15, 0.2) is 12.8 Å². The smallest absolute Gasteiger partial charge is 0.226 e. The van der Waals surface area contributed by atoms with Crippen LogP contribution in [0.1, 0.15) is 40.0 Å². The second-order valence-electron chi connectivity index (χ2n) is 3.70. The molecule has 0 radical (unpaired) electrons. The molecule has 0 atom stereocenters. The Morgan fingerprint density at radius 3 is 2.54 bits per heavy atom. The van der Waals surface area contributed by atoms with Crippen molar-refractivity contribution < 1.29 is 4.79 Å². The lowest BCUT2D eigenvalue weighted by molar-refractivity contribution is -0.128. The molecule has 0 bridgehead atoms. The third-order valence-corrected chi connectivity index (χ3v) is 1.95. The van der Waals surface area contributed by atoms with Crippen LogP contribution in [0, 0.1) is 5.92 Å². The Labute approximate surface area is 81.6 Å². The van der Waals surface area contributed by atoms with E-state index in [1.807, 2.05) is 6.92 Å². The Hall–Kier alpha value is -0.790. The van der Waals surface area contributed by atoms with E-state index >= 15 is 0 Å². The lowest BCUT2D eigenvalue weighted by atomic mass is 10.1. The quantitative estimate of drug-likeness (QED) is 0.620. The molecular weight excluding hydrogens is 162 g/mol. The molecule has 2 heteroatoms. The van der Waals surface area contributed by atoms with Gasteiger partial charge in [0, 0.05) is 13.0 Å². The number of nitrogens with zero attached hydrogens (tertiary/aromatic N) is 1. The van der Waals surface area contributed by atoms with Gasteiger partial charge in [0.2, 0.25) is 5.91 Å². The maximum Gasteiger partial charge on any atom is 0.226 e. The van der Waals surface area contributed by atoms with Gasteiger partial charge in [0.1, 0.15) is 0 Å². The molecule has 0 aromatic carbocycles. The van der Waals surface area contributed by atoms with Crippen molar-refractivity contribution in [3.63, 3.8) is 0 Å². The first-order valence-electron chi connectivity index (χ1n) is 5.03. The maximum absolute atomic E-state index is 11.4. The van der Waals surface area contributed by atoms with Gasteiger partial charge in [-0.3, -0.25) is 4.79 Å². The zero-order chi connectivity index (χ0) is 10.3. The van der Waals surface area contributed by atoms with Crippen LogP contribution < -0.4 is 0 Å². The predicted octanol–water partition coefficient (Wildman–Crippen LogP) is 2.80. The zero-order valence-electron chi connectivity index (χ0n) is 9.05. The summed E-state index contributed by atoms with van der Waals surface area (Å²) in [6.45, 7) is 10.8. The van der Waals surface area contributed by atoms with E-state index < -0.39 is 0 Å². The topological polar surface area (TPSA) is 20.3 Å². The van der Waals surface area contributed by atoms with Crippen molar-refractivity contribution in [3.05, 3.63) is 12.8 Å². The van der Waals surface area contributed by atoms with Crippen LogP contribution in [0.5, 0.6) is 0 Å². The van der Waals surface area contributed by atoms with E-state index in [9.17, 15) is 4.79 Å². The molecule has 0 spiro atoms. The molecule has 0 N–H and O–H groups in total. The molecule has 0 saturated heterocycles. The van der Waals surface area contributed by atoms with Crippen LogP contribution in [0.2, 0.25) is 0 Å². The van der Waals surface area contributed by atoms with E-state index in [4.69, 9.17) is 0 Å². The Kier molecular flexibility index (Phi) is 6.29. The minimum Gasteiger partial charge on any atom is -0.320 e. The average Bonchev–Trinajstić information content (AvgIpc) is 2.05. The molecule has 0 aromatic heterocycles. The zero-order valence-corrected chi connectivity index (χ0v) is 9.05. The Bertz CT molecular complexity index is 163. The standard InChI is InChI=1S/C11H21NO/c1-5-7-11(13)12(6-2)9-8-10(3)4/h6,10H,2,5,7-9H2,1,3-4H3. The van der Waals surface area contributed by atoms with Crippen LogP contribution in [0.4, 0.5) is 0 Å². The van der Waals surface area contributed by atoms with Gasteiger partial charge >= 0.3 is 0 Å². The van der Waals surface area contributed by atoms with Crippen molar-refractivity contribution in [2.24, 2.45) is 5.92 Å². The number of amides is 1. The van der Waals surface area contributed by atoms with Crippen LogP contribution in [0.25, 0.3) is 0 Å². The third-order valence-electron chi connectivity index (χ3n) is 1.95. The molecule has 76 valence electrons. The van der Waals surface area contributed by atoms with Gasteiger partial charge in [0.05, 0.1) is 0 Å². The largest absolute Gasteiger partial charge is 0.320 e. The highest BCUT2D eigenvalue weighted by atomic mass is 16.2. The second-order valence-corrected chi connectivity index (χ2v) is 3.70. The fourth-order valence-corrected chi connectivity index (χ4v) is 1.07. The van der Waals surface area contributed by atoms with E-state index in [0.717, 1.165) is 19.4 Å². The summed E-state index contributed by atoms with van der Waals surface area (Å²) >= 11 is 0. The van der Waals surface area contributed by atoms with Crippen LogP contribution in [-0.2, 0) is 4.79 Å². The van der Waals surface area contributed by atoms with Gasteiger partial charge < -0.3 is 4.90 Å². The van der Waals surface area contributed by atoms with Crippen LogP contribution in [0.3, 0.4) is 0 Å². The number of rotatable bonds is 6. The summed E-state index contributed by atoms with van der Waals surface area (Å²) in [7, 11) is 0. The summed E-state index contributed by atoms with van der Waals surface area (Å²) in [4.78, 5) is 13.2. The van der Waals surface area contributed by atoms with Gasteiger partial charge in [0.25, 0.3) is 0 Å². The summed E-state index contributed by atoms with van der Waals surface area (Å²) in [5, 5.41) is 0. The Morgan fingerprint density at radius 2 is 2.15 bits per heavy atom. The molecule has 0 aromatic rings. The van der Waals surface area contributed by atoms with Crippen molar-refractivity contribution in [1.82, 2.24) is 4.90 Å². The van der Waals surface area contributed by atoms with E-state index in [1.54, 1.807) is 11.1 Å². The van der Waals surface area contributed by atoms with Crippen LogP contribution >= 0.6 is 0 Å². The van der Waals surface area contributed by atoms with Gasteiger partial charge in [-0.1, -0.05) is 27.4 Å². The molecule has 13 heavy (non-hydrogen) atoms. The molecule has 0 heterocycles. The van der Waals surface area contributed by atoms with Crippen molar-refractivity contribution >= 4 is 5.91 Å². The van der Waals surface area contributed by atoms with Gasteiger partial charge in [-0.05, 0) is 25.0 Å². The average molecular weight is 183 g/mol. The summed E-state index contributed by atoms with van der Waals surface area (Å²) in [5.41, 5.74) is 0. The molecule has 1 amide bonds. The van der Waals surface area contributed by atoms with Gasteiger partial charge in [0.15, 0.2) is 0 Å². The van der Waals surface area contributed by atoms with E-state index in [-0.39, 0.29) is 5.91 Å². The highest BCUT2D eigenvalue weighted by Crippen LogP contribution is 2.04. The molecule has 0 aliphatic rings. The fourth-order valence-electron chi connectivity index (χ4n) is 1.07. The third kappa shape index (κ3) is 5.45. The lowest BCUT2D eigenvalue weighted by Gasteiger charge is -2.18. The van der Waals surface area contributed by atoms with Crippen molar-refractivity contribution in [1.29, 1.82) is 0 Å². The normalized spacial score (nSPS) is 10.2. The molecule has 0 aliphatic heterocycles. The summed E-state index contributed by atoms with van der Waals surface area (Å²) in [5.74, 6) is 0.829. The van der Waals surface area contributed by atoms with Gasteiger partial charge in [-0.2, -0.15) is 0 Å². The SMILES string of the molecule is C=CN(CCC(C)C)C(=O)CCC.